The molecule has 0 aliphatic carbocycles. The van der Waals surface area contributed by atoms with Gasteiger partial charge in [0.05, 0.1) is 6.54 Å². The molecule has 0 radical (unpaired) electrons. The van der Waals surface area contributed by atoms with E-state index in [2.05, 4.69) is 10.9 Å². The van der Waals surface area contributed by atoms with E-state index in [1.165, 1.54) is 17.0 Å². The van der Waals surface area contributed by atoms with Crippen molar-refractivity contribution in [2.45, 2.75) is 6.54 Å². The van der Waals surface area contributed by atoms with Crippen LogP contribution < -0.4 is 5.56 Å². The van der Waals surface area contributed by atoms with Gasteiger partial charge in [0.2, 0.25) is 0 Å². The molecule has 0 N–H and O–H groups in total. The fourth-order valence-electron chi connectivity index (χ4n) is 0.621. The molecule has 0 spiro atoms. The molecular formula is C7H5ClN2O. The summed E-state index contributed by atoms with van der Waals surface area (Å²) in [5.74, 6) is 2.32. The predicted octanol–water partition coefficient (Wildman–Crippen LogP) is 0.530. The maximum Gasteiger partial charge on any atom is 0.255 e. The highest BCUT2D eigenvalue weighted by molar-refractivity contribution is 6.29. The fraction of sp³-hybridized carbons (Fsp3) is 0.143. The lowest BCUT2D eigenvalue weighted by Gasteiger charge is -1.96. The summed E-state index contributed by atoms with van der Waals surface area (Å²) in [6, 6.07) is 1.22. The third-order valence-electron chi connectivity index (χ3n) is 1.11. The van der Waals surface area contributed by atoms with Gasteiger partial charge in [-0.05, 0) is 0 Å². The number of terminal acetylenes is 1. The highest BCUT2D eigenvalue weighted by atomic mass is 35.5. The van der Waals surface area contributed by atoms with E-state index in [0.29, 0.717) is 0 Å². The maximum absolute atomic E-state index is 11.0. The van der Waals surface area contributed by atoms with Crippen LogP contribution in [0.2, 0.25) is 5.15 Å². The molecule has 1 aromatic heterocycles. The van der Waals surface area contributed by atoms with Crippen LogP contribution in [0.3, 0.4) is 0 Å². The number of hydrogen-bond acceptors (Lipinski definition) is 2. The van der Waals surface area contributed by atoms with Gasteiger partial charge in [-0.25, -0.2) is 4.98 Å². The van der Waals surface area contributed by atoms with Crippen molar-refractivity contribution in [3.8, 4) is 12.3 Å². The molecule has 1 heterocycles. The molecule has 1 rings (SSSR count). The predicted molar refractivity (Wildman–Crippen MR) is 42.3 cm³/mol. The van der Waals surface area contributed by atoms with E-state index in [1.807, 2.05) is 0 Å². The fourth-order valence-corrected chi connectivity index (χ4v) is 0.758. The molecule has 0 aliphatic heterocycles. The quantitative estimate of drug-likeness (QED) is 0.453. The second-order valence-corrected chi connectivity index (χ2v) is 2.27. The third-order valence-corrected chi connectivity index (χ3v) is 1.31. The van der Waals surface area contributed by atoms with Crippen LogP contribution in [0.4, 0.5) is 0 Å². The number of hydrogen-bond donors (Lipinski definition) is 0. The maximum atomic E-state index is 11.0. The summed E-state index contributed by atoms with van der Waals surface area (Å²) in [5.41, 5.74) is -0.233. The van der Waals surface area contributed by atoms with Crippen molar-refractivity contribution in [2.75, 3.05) is 0 Å². The van der Waals surface area contributed by atoms with Crippen molar-refractivity contribution in [3.63, 3.8) is 0 Å². The van der Waals surface area contributed by atoms with Gasteiger partial charge in [-0.3, -0.25) is 9.36 Å². The van der Waals surface area contributed by atoms with Gasteiger partial charge in [-0.1, -0.05) is 17.5 Å². The third kappa shape index (κ3) is 1.82. The van der Waals surface area contributed by atoms with Gasteiger partial charge < -0.3 is 0 Å². The van der Waals surface area contributed by atoms with E-state index in [1.54, 1.807) is 0 Å². The molecule has 0 aromatic carbocycles. The highest BCUT2D eigenvalue weighted by Gasteiger charge is 1.94. The zero-order valence-corrected chi connectivity index (χ0v) is 6.38. The largest absolute Gasteiger partial charge is 0.287 e. The molecule has 0 amide bonds. The summed E-state index contributed by atoms with van der Waals surface area (Å²) in [6.45, 7) is 0.225. The Morgan fingerprint density at radius 3 is 3.09 bits per heavy atom. The lowest BCUT2D eigenvalue weighted by molar-refractivity contribution is 0.768. The zero-order valence-electron chi connectivity index (χ0n) is 5.62. The summed E-state index contributed by atoms with van der Waals surface area (Å²) in [4.78, 5) is 14.7. The second-order valence-electron chi connectivity index (χ2n) is 1.88. The standard InChI is InChI=1S/C7H5ClN2O/c1-2-3-10-5-9-6(8)4-7(10)11/h1,4-5H,3H2. The molecule has 0 fully saturated rings. The number of nitrogens with zero attached hydrogens (tertiary/aromatic N) is 2. The Bertz CT molecular complexity index is 350. The normalized spacial score (nSPS) is 9.09. The minimum Gasteiger partial charge on any atom is -0.287 e. The average Bonchev–Trinajstić information content (AvgIpc) is 1.95. The SMILES string of the molecule is C#CCn1cnc(Cl)cc1=O. The van der Waals surface area contributed by atoms with Crippen molar-refractivity contribution >= 4 is 11.6 Å². The Kier molecular flexibility index (Phi) is 2.29. The highest BCUT2D eigenvalue weighted by Crippen LogP contribution is 1.95. The van der Waals surface area contributed by atoms with E-state index in [0.717, 1.165) is 0 Å². The number of halogens is 1. The van der Waals surface area contributed by atoms with Crippen LogP contribution in [0, 0.1) is 12.3 Å². The van der Waals surface area contributed by atoms with Gasteiger partial charge in [0, 0.05) is 6.07 Å². The minimum atomic E-state index is -0.233. The monoisotopic (exact) mass is 168 g/mol. The smallest absolute Gasteiger partial charge is 0.255 e. The topological polar surface area (TPSA) is 34.9 Å². The van der Waals surface area contributed by atoms with Crippen LogP contribution in [-0.4, -0.2) is 9.55 Å². The first-order chi connectivity index (χ1) is 5.24. The summed E-state index contributed by atoms with van der Waals surface area (Å²) in [5, 5.41) is 0.184. The van der Waals surface area contributed by atoms with Crippen molar-refractivity contribution < 1.29 is 0 Å². The Labute approximate surface area is 68.6 Å². The van der Waals surface area contributed by atoms with E-state index in [-0.39, 0.29) is 17.3 Å². The summed E-state index contributed by atoms with van der Waals surface area (Å²) < 4.78 is 1.30. The molecule has 0 saturated carbocycles. The Hall–Kier alpha value is -1.27. The van der Waals surface area contributed by atoms with Crippen molar-refractivity contribution in [1.82, 2.24) is 9.55 Å². The van der Waals surface area contributed by atoms with E-state index in [9.17, 15) is 4.79 Å². The van der Waals surface area contributed by atoms with Crippen LogP contribution in [0.1, 0.15) is 0 Å². The molecule has 0 saturated heterocycles. The lowest BCUT2D eigenvalue weighted by atomic mass is 10.6. The van der Waals surface area contributed by atoms with Gasteiger partial charge in [0.1, 0.15) is 11.5 Å². The lowest BCUT2D eigenvalue weighted by Crippen LogP contribution is -2.18. The molecule has 0 unspecified atom stereocenters. The van der Waals surface area contributed by atoms with Crippen molar-refractivity contribution in [1.29, 1.82) is 0 Å². The average molecular weight is 169 g/mol. The molecule has 3 nitrogen and oxygen atoms in total. The van der Waals surface area contributed by atoms with Crippen molar-refractivity contribution in [3.05, 3.63) is 27.9 Å². The minimum absolute atomic E-state index is 0.184. The number of aromatic nitrogens is 2. The Morgan fingerprint density at radius 1 is 1.82 bits per heavy atom. The first-order valence-electron chi connectivity index (χ1n) is 2.89. The molecule has 4 heteroatoms. The summed E-state index contributed by atoms with van der Waals surface area (Å²) >= 11 is 5.44. The second kappa shape index (κ2) is 3.22. The Balaban J connectivity index is 3.12. The first-order valence-corrected chi connectivity index (χ1v) is 3.27. The molecule has 1 aromatic rings. The summed E-state index contributed by atoms with van der Waals surface area (Å²) in [6.07, 6.45) is 6.32. The van der Waals surface area contributed by atoms with Crippen LogP contribution in [-0.2, 0) is 6.54 Å². The van der Waals surface area contributed by atoms with Crippen LogP contribution in [0.15, 0.2) is 17.2 Å². The van der Waals surface area contributed by atoms with Gasteiger partial charge >= 0.3 is 0 Å². The van der Waals surface area contributed by atoms with Crippen LogP contribution in [0.5, 0.6) is 0 Å². The van der Waals surface area contributed by atoms with Crippen LogP contribution >= 0.6 is 11.6 Å². The molecular weight excluding hydrogens is 164 g/mol. The molecule has 11 heavy (non-hydrogen) atoms. The Morgan fingerprint density at radius 2 is 2.55 bits per heavy atom. The summed E-state index contributed by atoms with van der Waals surface area (Å²) in [7, 11) is 0. The van der Waals surface area contributed by atoms with E-state index in [4.69, 9.17) is 18.0 Å². The van der Waals surface area contributed by atoms with Gasteiger partial charge in [-0.2, -0.15) is 0 Å². The van der Waals surface area contributed by atoms with Gasteiger partial charge in [0.25, 0.3) is 5.56 Å². The van der Waals surface area contributed by atoms with Gasteiger partial charge in [-0.15, -0.1) is 6.42 Å². The molecule has 56 valence electrons. The zero-order chi connectivity index (χ0) is 8.27. The van der Waals surface area contributed by atoms with Crippen LogP contribution in [0.25, 0.3) is 0 Å². The molecule has 0 bridgehead atoms. The first kappa shape index (κ1) is 7.83. The molecule has 0 aliphatic rings. The molecule has 0 atom stereocenters. The van der Waals surface area contributed by atoms with Gasteiger partial charge in [0.15, 0.2) is 0 Å². The number of rotatable bonds is 1. The van der Waals surface area contributed by atoms with Crippen molar-refractivity contribution in [2.24, 2.45) is 0 Å². The van der Waals surface area contributed by atoms with E-state index >= 15 is 0 Å². The van der Waals surface area contributed by atoms with E-state index < -0.39 is 0 Å².